The van der Waals surface area contributed by atoms with Crippen LogP contribution in [0.25, 0.3) is 0 Å². The van der Waals surface area contributed by atoms with E-state index >= 15 is 0 Å². The summed E-state index contributed by atoms with van der Waals surface area (Å²) in [6.45, 7) is 0. The van der Waals surface area contributed by atoms with E-state index in [1.165, 1.54) is 0 Å². The number of hydrogen-bond donors (Lipinski definition) is 1. The van der Waals surface area contributed by atoms with Gasteiger partial charge in [-0.2, -0.15) is 5.26 Å². The summed E-state index contributed by atoms with van der Waals surface area (Å²) in [6.07, 6.45) is 0.964. The monoisotopic (exact) mass is 343 g/mol. The highest BCUT2D eigenvalue weighted by molar-refractivity contribution is 9.10. The van der Waals surface area contributed by atoms with E-state index in [4.69, 9.17) is 5.26 Å². The molecule has 7 heteroatoms. The van der Waals surface area contributed by atoms with Gasteiger partial charge in [-0.1, -0.05) is 28.1 Å². The Balaban J connectivity index is 2.54. The Hall–Kier alpha value is -1.39. The molecule has 0 aliphatic heterocycles. The van der Waals surface area contributed by atoms with Crippen LogP contribution in [0.15, 0.2) is 28.7 Å². The van der Waals surface area contributed by atoms with Gasteiger partial charge in [-0.05, 0) is 17.7 Å². The average Bonchev–Trinajstić information content (AvgIpc) is 3.00. The Labute approximate surface area is 118 Å². The van der Waals surface area contributed by atoms with Crippen molar-refractivity contribution in [3.8, 4) is 6.07 Å². The van der Waals surface area contributed by atoms with Crippen LogP contribution < -0.4 is 0 Å². The maximum atomic E-state index is 11.7. The van der Waals surface area contributed by atoms with Gasteiger partial charge in [-0.25, -0.2) is 8.42 Å². The number of carboxylic acid groups (broad SMARTS) is 1. The Morgan fingerprint density at radius 3 is 2.26 bits per heavy atom. The van der Waals surface area contributed by atoms with Crippen molar-refractivity contribution in [2.45, 2.75) is 11.2 Å². The molecule has 1 fully saturated rings. The van der Waals surface area contributed by atoms with Crippen LogP contribution in [0.3, 0.4) is 0 Å². The van der Waals surface area contributed by atoms with Crippen molar-refractivity contribution < 1.29 is 18.3 Å². The summed E-state index contributed by atoms with van der Waals surface area (Å²) in [5.74, 6) is -2.21. The number of benzene rings is 1. The number of nitriles is 1. The smallest absolute Gasteiger partial charge is 0.326 e. The number of nitrogens with zero attached hydrogens (tertiary/aromatic N) is 1. The maximum absolute atomic E-state index is 11.7. The topological polar surface area (TPSA) is 95.2 Å². The summed E-state index contributed by atoms with van der Waals surface area (Å²) < 4.78 is 24.2. The van der Waals surface area contributed by atoms with Crippen molar-refractivity contribution in [3.05, 3.63) is 34.3 Å². The molecule has 1 aromatic carbocycles. The van der Waals surface area contributed by atoms with Crippen molar-refractivity contribution >= 4 is 31.7 Å². The Morgan fingerprint density at radius 2 is 1.95 bits per heavy atom. The molecule has 0 heterocycles. The first-order valence-corrected chi connectivity index (χ1v) is 8.09. The molecule has 1 aliphatic carbocycles. The summed E-state index contributed by atoms with van der Waals surface area (Å²) in [6, 6.07) is 8.33. The third-order valence-corrected chi connectivity index (χ3v) is 5.46. The standard InChI is InChI=1S/C12H10BrNO4S/c1-19(17,18)10-9(12(10,6-14)11(15)16)7-2-4-8(13)5-3-7/h2-5,9-10H,1H3,(H,15,16)/t9-,10-,12+/m0/s1. The van der Waals surface area contributed by atoms with E-state index in [9.17, 15) is 18.3 Å². The average molecular weight is 344 g/mol. The van der Waals surface area contributed by atoms with E-state index in [2.05, 4.69) is 15.9 Å². The van der Waals surface area contributed by atoms with Gasteiger partial charge in [0.1, 0.15) is 5.25 Å². The number of carboxylic acids is 1. The van der Waals surface area contributed by atoms with Gasteiger partial charge >= 0.3 is 5.97 Å². The van der Waals surface area contributed by atoms with E-state index in [1.807, 2.05) is 0 Å². The van der Waals surface area contributed by atoms with E-state index in [-0.39, 0.29) is 0 Å². The summed E-state index contributed by atoms with van der Waals surface area (Å²) in [7, 11) is -3.62. The first-order chi connectivity index (χ1) is 8.75. The Kier molecular flexibility index (Phi) is 3.19. The van der Waals surface area contributed by atoms with Crippen molar-refractivity contribution in [1.82, 2.24) is 0 Å². The third-order valence-electron chi connectivity index (χ3n) is 3.36. The van der Waals surface area contributed by atoms with Crippen LogP contribution in [0.5, 0.6) is 0 Å². The Morgan fingerprint density at radius 1 is 1.42 bits per heavy atom. The molecule has 0 aromatic heterocycles. The Bertz CT molecular complexity index is 677. The molecule has 0 bridgehead atoms. The minimum absolute atomic E-state index is 0.544. The largest absolute Gasteiger partial charge is 0.480 e. The van der Waals surface area contributed by atoms with Crippen LogP contribution in [0.1, 0.15) is 11.5 Å². The molecule has 1 saturated carbocycles. The lowest BCUT2D eigenvalue weighted by molar-refractivity contribution is -0.141. The SMILES string of the molecule is CS(=O)(=O)[C@H]1[C@H](c2ccc(Br)cc2)[C@@]1(C#N)C(=O)O. The molecule has 19 heavy (non-hydrogen) atoms. The number of carbonyl (C=O) groups is 1. The first kappa shape index (κ1) is 14.0. The van der Waals surface area contributed by atoms with Gasteiger partial charge in [-0.15, -0.1) is 0 Å². The van der Waals surface area contributed by atoms with Gasteiger partial charge in [0.2, 0.25) is 0 Å². The van der Waals surface area contributed by atoms with Crippen LogP contribution in [-0.4, -0.2) is 31.0 Å². The molecule has 5 nitrogen and oxygen atoms in total. The minimum Gasteiger partial charge on any atom is -0.480 e. The highest BCUT2D eigenvalue weighted by Crippen LogP contribution is 2.62. The molecule has 0 saturated heterocycles. The predicted octanol–water partition coefficient (Wildman–Crippen LogP) is 1.55. The molecule has 3 atom stereocenters. The predicted molar refractivity (Wildman–Crippen MR) is 71.2 cm³/mol. The molecule has 1 N–H and O–H groups in total. The van der Waals surface area contributed by atoms with Gasteiger partial charge in [-0.3, -0.25) is 4.79 Å². The van der Waals surface area contributed by atoms with Crippen LogP contribution in [0, 0.1) is 16.7 Å². The van der Waals surface area contributed by atoms with E-state index in [1.54, 1.807) is 30.3 Å². The van der Waals surface area contributed by atoms with Crippen molar-refractivity contribution in [2.75, 3.05) is 6.26 Å². The molecule has 2 rings (SSSR count). The summed E-state index contributed by atoms with van der Waals surface area (Å²) >= 11 is 3.24. The maximum Gasteiger partial charge on any atom is 0.326 e. The molecule has 1 aromatic rings. The lowest BCUT2D eigenvalue weighted by atomic mass is 10.0. The molecule has 0 radical (unpaired) electrons. The van der Waals surface area contributed by atoms with Gasteiger partial charge in [0.25, 0.3) is 0 Å². The van der Waals surface area contributed by atoms with Crippen LogP contribution in [-0.2, 0) is 14.6 Å². The molecular weight excluding hydrogens is 334 g/mol. The summed E-state index contributed by atoms with van der Waals surface area (Å²) in [5.41, 5.74) is -1.33. The zero-order valence-corrected chi connectivity index (χ0v) is 12.3. The molecule has 1 aliphatic rings. The van der Waals surface area contributed by atoms with E-state index in [0.717, 1.165) is 10.7 Å². The molecule has 0 unspecified atom stereocenters. The molecule has 100 valence electrons. The zero-order chi connectivity index (χ0) is 14.4. The fraction of sp³-hybridized carbons (Fsp3) is 0.333. The van der Waals surface area contributed by atoms with Gasteiger partial charge in [0, 0.05) is 16.6 Å². The van der Waals surface area contributed by atoms with Gasteiger partial charge in [0.15, 0.2) is 15.3 Å². The number of rotatable bonds is 3. The summed E-state index contributed by atoms with van der Waals surface area (Å²) in [4.78, 5) is 11.3. The van der Waals surface area contributed by atoms with Crippen LogP contribution in [0.4, 0.5) is 0 Å². The second-order valence-electron chi connectivity index (χ2n) is 4.57. The first-order valence-electron chi connectivity index (χ1n) is 5.34. The number of sulfone groups is 1. The second-order valence-corrected chi connectivity index (χ2v) is 7.65. The zero-order valence-electron chi connectivity index (χ0n) is 9.87. The molecular formula is C12H10BrNO4S. The fourth-order valence-electron chi connectivity index (χ4n) is 2.48. The highest BCUT2D eigenvalue weighted by atomic mass is 79.9. The second kappa shape index (κ2) is 4.32. The molecule has 0 amide bonds. The number of aliphatic carboxylic acids is 1. The number of halogens is 1. The quantitative estimate of drug-likeness (QED) is 0.898. The van der Waals surface area contributed by atoms with Crippen molar-refractivity contribution in [2.24, 2.45) is 5.41 Å². The normalized spacial score (nSPS) is 29.5. The van der Waals surface area contributed by atoms with E-state index < -0.39 is 32.4 Å². The van der Waals surface area contributed by atoms with Gasteiger partial charge in [0.05, 0.1) is 6.07 Å². The van der Waals surface area contributed by atoms with Crippen LogP contribution in [0.2, 0.25) is 0 Å². The fourth-order valence-corrected chi connectivity index (χ4v) is 4.51. The van der Waals surface area contributed by atoms with Gasteiger partial charge < -0.3 is 5.11 Å². The molecule has 0 spiro atoms. The lowest BCUT2D eigenvalue weighted by Crippen LogP contribution is -2.21. The highest BCUT2D eigenvalue weighted by Gasteiger charge is 2.76. The third kappa shape index (κ3) is 2.05. The van der Waals surface area contributed by atoms with Crippen molar-refractivity contribution in [1.29, 1.82) is 5.26 Å². The lowest BCUT2D eigenvalue weighted by Gasteiger charge is -2.02. The number of hydrogen-bond acceptors (Lipinski definition) is 4. The summed E-state index contributed by atoms with van der Waals surface area (Å²) in [5, 5.41) is 17.2. The van der Waals surface area contributed by atoms with Crippen LogP contribution >= 0.6 is 15.9 Å². The minimum atomic E-state index is -3.62. The van der Waals surface area contributed by atoms with Crippen molar-refractivity contribution in [3.63, 3.8) is 0 Å². The van der Waals surface area contributed by atoms with E-state index in [0.29, 0.717) is 5.56 Å².